The van der Waals surface area contributed by atoms with Crippen molar-refractivity contribution < 1.29 is 18.0 Å². The van der Waals surface area contributed by atoms with Gasteiger partial charge in [-0.1, -0.05) is 36.2 Å². The fourth-order valence-corrected chi connectivity index (χ4v) is 3.56. The number of aromatic nitrogens is 7. The first-order valence-corrected chi connectivity index (χ1v) is 10.3. The zero-order valence-electron chi connectivity index (χ0n) is 17.2. The van der Waals surface area contributed by atoms with Crippen LogP contribution < -0.4 is 11.1 Å². The minimum absolute atomic E-state index is 0.0269. The molecule has 1 aromatic carbocycles. The third kappa shape index (κ3) is 4.52. The van der Waals surface area contributed by atoms with Crippen LogP contribution in [0.2, 0.25) is 10.0 Å². The van der Waals surface area contributed by atoms with E-state index in [0.717, 1.165) is 4.68 Å². The maximum absolute atomic E-state index is 13.0. The molecule has 0 atom stereocenters. The molecule has 0 fully saturated rings. The minimum Gasteiger partial charge on any atom is -0.364 e. The fraction of sp³-hybridized carbons (Fsp3) is 0.158. The van der Waals surface area contributed by atoms with Crippen molar-refractivity contribution in [2.45, 2.75) is 19.5 Å². The summed E-state index contributed by atoms with van der Waals surface area (Å²) in [5, 5.41) is 18.9. The van der Waals surface area contributed by atoms with Crippen LogP contribution in [0.1, 0.15) is 29.1 Å². The van der Waals surface area contributed by atoms with E-state index in [1.807, 2.05) is 0 Å². The van der Waals surface area contributed by atoms with E-state index in [0.29, 0.717) is 15.7 Å². The number of aryl methyl sites for hydroxylation is 1. The third-order valence-electron chi connectivity index (χ3n) is 4.49. The maximum atomic E-state index is 13.0. The van der Waals surface area contributed by atoms with E-state index < -0.39 is 17.9 Å². The Bertz CT molecular complexity index is 1350. The van der Waals surface area contributed by atoms with E-state index in [1.165, 1.54) is 23.0 Å². The van der Waals surface area contributed by atoms with Gasteiger partial charge in [0, 0.05) is 6.42 Å². The molecule has 0 bridgehead atoms. The molecule has 1 amide bonds. The summed E-state index contributed by atoms with van der Waals surface area (Å²) in [6.07, 6.45) is -3.07. The van der Waals surface area contributed by atoms with Gasteiger partial charge in [-0.25, -0.2) is 9.67 Å². The lowest BCUT2D eigenvalue weighted by Gasteiger charge is -2.06. The Morgan fingerprint density at radius 3 is 2.38 bits per heavy atom. The zero-order chi connectivity index (χ0) is 24.6. The summed E-state index contributed by atoms with van der Waals surface area (Å²) < 4.78 is 41.2. The van der Waals surface area contributed by atoms with Crippen LogP contribution in [-0.4, -0.2) is 40.6 Å². The number of carbonyl (C=O) groups excluding carboxylic acids is 1. The average Bonchev–Trinajstić information content (AvgIpc) is 3.39. The van der Waals surface area contributed by atoms with Crippen LogP contribution >= 0.6 is 23.2 Å². The standard InChI is InChI=1S/C19H14Cl2F3N9O/c1-2-13-27-18(19(22,23)24)31-33(13)14-7-6-12(28-29-14)26-11-8-32(30-15(11)17(25)34)16-9(20)4-3-5-10(16)21/h3-8H,2H2,1H3,(H2,25,34)(H,26,28). The summed E-state index contributed by atoms with van der Waals surface area (Å²) in [5.74, 6) is -1.85. The molecule has 0 radical (unpaired) electrons. The molecule has 0 aliphatic rings. The van der Waals surface area contributed by atoms with Crippen molar-refractivity contribution in [2.24, 2.45) is 5.73 Å². The number of primary amides is 1. The molecule has 3 N–H and O–H groups in total. The first kappa shape index (κ1) is 23.4. The Kier molecular flexibility index (Phi) is 6.15. The number of carbonyl (C=O) groups is 1. The van der Waals surface area contributed by atoms with Crippen LogP contribution in [0.3, 0.4) is 0 Å². The summed E-state index contributed by atoms with van der Waals surface area (Å²) in [4.78, 5) is 15.4. The van der Waals surface area contributed by atoms with E-state index in [9.17, 15) is 18.0 Å². The molecule has 0 saturated heterocycles. The lowest BCUT2D eigenvalue weighted by Crippen LogP contribution is -2.14. The summed E-state index contributed by atoms with van der Waals surface area (Å²) in [5.41, 5.74) is 5.83. The molecule has 4 rings (SSSR count). The van der Waals surface area contributed by atoms with E-state index in [-0.39, 0.29) is 35.3 Å². The minimum atomic E-state index is -4.69. The molecule has 0 aliphatic carbocycles. The van der Waals surface area contributed by atoms with E-state index >= 15 is 0 Å². The number of amides is 1. The van der Waals surface area contributed by atoms with Gasteiger partial charge in [0.15, 0.2) is 17.3 Å². The second-order valence-corrected chi connectivity index (χ2v) is 7.60. The molecule has 15 heteroatoms. The van der Waals surface area contributed by atoms with Crippen molar-refractivity contribution in [3.05, 3.63) is 63.9 Å². The van der Waals surface area contributed by atoms with Gasteiger partial charge in [-0.15, -0.1) is 15.3 Å². The van der Waals surface area contributed by atoms with Gasteiger partial charge >= 0.3 is 6.18 Å². The average molecular weight is 512 g/mol. The lowest BCUT2D eigenvalue weighted by molar-refractivity contribution is -0.144. The van der Waals surface area contributed by atoms with Gasteiger partial charge < -0.3 is 11.1 Å². The Morgan fingerprint density at radius 2 is 1.82 bits per heavy atom. The van der Waals surface area contributed by atoms with Gasteiger partial charge in [-0.2, -0.15) is 23.0 Å². The molecule has 0 unspecified atom stereocenters. The highest BCUT2D eigenvalue weighted by molar-refractivity contribution is 6.37. The molecule has 34 heavy (non-hydrogen) atoms. The highest BCUT2D eigenvalue weighted by atomic mass is 35.5. The van der Waals surface area contributed by atoms with Crippen LogP contribution in [0.25, 0.3) is 11.5 Å². The third-order valence-corrected chi connectivity index (χ3v) is 5.10. The number of rotatable bonds is 6. The van der Waals surface area contributed by atoms with E-state index in [1.54, 1.807) is 25.1 Å². The van der Waals surface area contributed by atoms with Crippen LogP contribution in [0.4, 0.5) is 24.7 Å². The second-order valence-electron chi connectivity index (χ2n) is 6.79. The Labute approximate surface area is 199 Å². The van der Waals surface area contributed by atoms with Crippen molar-refractivity contribution in [2.75, 3.05) is 5.32 Å². The van der Waals surface area contributed by atoms with Crippen LogP contribution in [0, 0.1) is 0 Å². The lowest BCUT2D eigenvalue weighted by atomic mass is 10.3. The van der Waals surface area contributed by atoms with Crippen molar-refractivity contribution in [3.63, 3.8) is 0 Å². The zero-order valence-corrected chi connectivity index (χ0v) is 18.7. The number of nitrogens with zero attached hydrogens (tertiary/aromatic N) is 7. The SMILES string of the molecule is CCc1nc(C(F)(F)F)nn1-c1ccc(Nc2cn(-c3c(Cl)cccc3Cl)nc2C(N)=O)nn1. The largest absolute Gasteiger partial charge is 0.453 e. The summed E-state index contributed by atoms with van der Waals surface area (Å²) >= 11 is 12.4. The number of halogens is 5. The molecule has 3 heterocycles. The quantitative estimate of drug-likeness (QED) is 0.400. The molecule has 0 spiro atoms. The first-order chi connectivity index (χ1) is 16.1. The predicted molar refractivity (Wildman–Crippen MR) is 117 cm³/mol. The highest BCUT2D eigenvalue weighted by Gasteiger charge is 2.37. The van der Waals surface area contributed by atoms with Gasteiger partial charge in [-0.3, -0.25) is 4.79 Å². The Hall–Kier alpha value is -3.71. The van der Waals surface area contributed by atoms with Crippen molar-refractivity contribution in [1.82, 2.24) is 34.7 Å². The topological polar surface area (TPSA) is 129 Å². The number of benzene rings is 1. The van der Waals surface area contributed by atoms with Crippen LogP contribution in [-0.2, 0) is 12.6 Å². The number of anilines is 2. The number of hydrogen-bond acceptors (Lipinski definition) is 7. The molecular formula is C19H14Cl2F3N9O. The Balaban J connectivity index is 1.65. The van der Waals surface area contributed by atoms with Gasteiger partial charge in [0.25, 0.3) is 11.7 Å². The molecule has 3 aromatic heterocycles. The number of para-hydroxylation sites is 1. The van der Waals surface area contributed by atoms with Gasteiger partial charge in [0.05, 0.1) is 21.9 Å². The Morgan fingerprint density at radius 1 is 1.12 bits per heavy atom. The van der Waals surface area contributed by atoms with Crippen LogP contribution in [0.5, 0.6) is 0 Å². The molecule has 176 valence electrons. The number of nitrogens with two attached hydrogens (primary N) is 1. The van der Waals surface area contributed by atoms with E-state index in [4.69, 9.17) is 28.9 Å². The number of hydrogen-bond donors (Lipinski definition) is 2. The van der Waals surface area contributed by atoms with Gasteiger partial charge in [-0.05, 0) is 24.3 Å². The van der Waals surface area contributed by atoms with Crippen molar-refractivity contribution in [1.29, 1.82) is 0 Å². The monoisotopic (exact) mass is 511 g/mol. The number of alkyl halides is 3. The van der Waals surface area contributed by atoms with Crippen molar-refractivity contribution in [3.8, 4) is 11.5 Å². The predicted octanol–water partition coefficient (Wildman–Crippen LogP) is 3.97. The molecule has 10 nitrogen and oxygen atoms in total. The van der Waals surface area contributed by atoms with Gasteiger partial charge in [0.1, 0.15) is 11.5 Å². The maximum Gasteiger partial charge on any atom is 0.453 e. The fourth-order valence-electron chi connectivity index (χ4n) is 2.99. The highest BCUT2D eigenvalue weighted by Crippen LogP contribution is 2.30. The summed E-state index contributed by atoms with van der Waals surface area (Å²) in [6.45, 7) is 1.64. The first-order valence-electron chi connectivity index (χ1n) is 9.56. The smallest absolute Gasteiger partial charge is 0.364 e. The molecule has 0 aliphatic heterocycles. The van der Waals surface area contributed by atoms with Crippen LogP contribution in [0.15, 0.2) is 36.5 Å². The molecule has 0 saturated carbocycles. The number of nitrogens with one attached hydrogen (secondary N) is 1. The van der Waals surface area contributed by atoms with Crippen molar-refractivity contribution >= 4 is 40.6 Å². The van der Waals surface area contributed by atoms with E-state index in [2.05, 4.69) is 30.7 Å². The van der Waals surface area contributed by atoms with Gasteiger partial charge in [0.2, 0.25) is 0 Å². The molecular weight excluding hydrogens is 498 g/mol. The molecule has 4 aromatic rings. The summed E-state index contributed by atoms with van der Waals surface area (Å²) in [7, 11) is 0. The second kappa shape index (κ2) is 8.91. The summed E-state index contributed by atoms with van der Waals surface area (Å²) in [6, 6.07) is 7.68. The normalized spacial score (nSPS) is 11.6.